The molecule has 0 saturated heterocycles. The SMILES string of the molecule is COc1cccc(C2=CCCN(C(C)C)C2)c1. The third-order valence-corrected chi connectivity index (χ3v) is 3.35. The van der Waals surface area contributed by atoms with Gasteiger partial charge in [-0.25, -0.2) is 0 Å². The lowest BCUT2D eigenvalue weighted by Gasteiger charge is -2.30. The van der Waals surface area contributed by atoms with Gasteiger partial charge in [-0.3, -0.25) is 4.90 Å². The molecule has 1 aromatic rings. The van der Waals surface area contributed by atoms with Crippen molar-refractivity contribution in [2.24, 2.45) is 0 Å². The van der Waals surface area contributed by atoms with Crippen LogP contribution in [0.2, 0.25) is 0 Å². The summed E-state index contributed by atoms with van der Waals surface area (Å²) in [4.78, 5) is 2.51. The molecule has 0 aromatic heterocycles. The van der Waals surface area contributed by atoms with Crippen molar-refractivity contribution in [3.8, 4) is 5.75 Å². The molecule has 17 heavy (non-hydrogen) atoms. The molecule has 0 unspecified atom stereocenters. The third kappa shape index (κ3) is 2.89. The lowest BCUT2D eigenvalue weighted by Crippen LogP contribution is -2.35. The maximum absolute atomic E-state index is 5.28. The molecule has 92 valence electrons. The molecule has 0 aliphatic carbocycles. The minimum Gasteiger partial charge on any atom is -0.497 e. The number of rotatable bonds is 3. The van der Waals surface area contributed by atoms with Crippen molar-refractivity contribution in [2.75, 3.05) is 20.2 Å². The van der Waals surface area contributed by atoms with Gasteiger partial charge in [0.15, 0.2) is 0 Å². The fourth-order valence-electron chi connectivity index (χ4n) is 2.24. The molecule has 0 saturated carbocycles. The maximum atomic E-state index is 5.28. The van der Waals surface area contributed by atoms with Gasteiger partial charge in [-0.05, 0) is 43.5 Å². The van der Waals surface area contributed by atoms with Crippen LogP contribution in [-0.4, -0.2) is 31.1 Å². The van der Waals surface area contributed by atoms with Crippen LogP contribution in [0.25, 0.3) is 5.57 Å². The summed E-state index contributed by atoms with van der Waals surface area (Å²) in [6.07, 6.45) is 3.50. The number of ether oxygens (including phenoxy) is 1. The van der Waals surface area contributed by atoms with Crippen LogP contribution in [0.5, 0.6) is 5.75 Å². The van der Waals surface area contributed by atoms with Crippen molar-refractivity contribution >= 4 is 5.57 Å². The van der Waals surface area contributed by atoms with E-state index in [1.165, 1.54) is 17.7 Å². The Labute approximate surface area is 104 Å². The topological polar surface area (TPSA) is 12.5 Å². The van der Waals surface area contributed by atoms with Gasteiger partial charge in [0, 0.05) is 19.1 Å². The van der Waals surface area contributed by atoms with Crippen molar-refractivity contribution in [1.29, 1.82) is 0 Å². The molecular weight excluding hydrogens is 210 g/mol. The van der Waals surface area contributed by atoms with Gasteiger partial charge in [-0.15, -0.1) is 0 Å². The summed E-state index contributed by atoms with van der Waals surface area (Å²) >= 11 is 0. The average Bonchev–Trinajstić information content (AvgIpc) is 2.39. The van der Waals surface area contributed by atoms with Gasteiger partial charge in [-0.2, -0.15) is 0 Å². The molecule has 0 bridgehead atoms. The molecule has 1 aromatic carbocycles. The molecule has 0 fully saturated rings. The standard InChI is InChI=1S/C15H21NO/c1-12(2)16-9-5-7-14(11-16)13-6-4-8-15(10-13)17-3/h4,6-8,10,12H,5,9,11H2,1-3H3. The summed E-state index contributed by atoms with van der Waals surface area (Å²) in [7, 11) is 1.72. The van der Waals surface area contributed by atoms with Crippen LogP contribution in [0.4, 0.5) is 0 Å². The fourth-order valence-corrected chi connectivity index (χ4v) is 2.24. The van der Waals surface area contributed by atoms with Crippen LogP contribution >= 0.6 is 0 Å². The molecule has 2 nitrogen and oxygen atoms in total. The van der Waals surface area contributed by atoms with Crippen LogP contribution in [0.3, 0.4) is 0 Å². The van der Waals surface area contributed by atoms with Crippen molar-refractivity contribution in [1.82, 2.24) is 4.90 Å². The first-order chi connectivity index (χ1) is 8.20. The number of benzene rings is 1. The summed E-state index contributed by atoms with van der Waals surface area (Å²) in [6.45, 7) is 6.74. The van der Waals surface area contributed by atoms with Crippen molar-refractivity contribution < 1.29 is 4.74 Å². The number of hydrogen-bond acceptors (Lipinski definition) is 2. The van der Waals surface area contributed by atoms with E-state index >= 15 is 0 Å². The van der Waals surface area contributed by atoms with E-state index < -0.39 is 0 Å². The number of methoxy groups -OCH3 is 1. The predicted octanol–water partition coefficient (Wildman–Crippen LogP) is 3.19. The highest BCUT2D eigenvalue weighted by atomic mass is 16.5. The van der Waals surface area contributed by atoms with Gasteiger partial charge in [-0.1, -0.05) is 18.2 Å². The van der Waals surface area contributed by atoms with Gasteiger partial charge < -0.3 is 4.74 Å². The Kier molecular flexibility index (Phi) is 3.85. The minimum atomic E-state index is 0.615. The quantitative estimate of drug-likeness (QED) is 0.792. The van der Waals surface area contributed by atoms with Gasteiger partial charge in [0.25, 0.3) is 0 Å². The highest BCUT2D eigenvalue weighted by Gasteiger charge is 2.16. The van der Waals surface area contributed by atoms with Crippen molar-refractivity contribution in [3.63, 3.8) is 0 Å². The lowest BCUT2D eigenvalue weighted by atomic mass is 10.00. The number of nitrogens with zero attached hydrogens (tertiary/aromatic N) is 1. The first-order valence-electron chi connectivity index (χ1n) is 6.28. The highest BCUT2D eigenvalue weighted by Crippen LogP contribution is 2.24. The zero-order valence-electron chi connectivity index (χ0n) is 10.9. The second-order valence-corrected chi connectivity index (χ2v) is 4.81. The van der Waals surface area contributed by atoms with Crippen LogP contribution in [0.1, 0.15) is 25.8 Å². The van der Waals surface area contributed by atoms with Crippen molar-refractivity contribution in [3.05, 3.63) is 35.9 Å². The molecule has 1 heterocycles. The number of hydrogen-bond donors (Lipinski definition) is 0. The van der Waals surface area contributed by atoms with Crippen LogP contribution in [-0.2, 0) is 0 Å². The van der Waals surface area contributed by atoms with E-state index in [1.807, 2.05) is 6.07 Å². The monoisotopic (exact) mass is 231 g/mol. The zero-order chi connectivity index (χ0) is 12.3. The molecule has 0 N–H and O–H groups in total. The fraction of sp³-hybridized carbons (Fsp3) is 0.467. The Morgan fingerprint density at radius 1 is 1.29 bits per heavy atom. The predicted molar refractivity (Wildman–Crippen MR) is 72.3 cm³/mol. The second kappa shape index (κ2) is 5.37. The lowest BCUT2D eigenvalue weighted by molar-refractivity contribution is 0.248. The molecule has 0 spiro atoms. The molecule has 2 heteroatoms. The third-order valence-electron chi connectivity index (χ3n) is 3.35. The Morgan fingerprint density at radius 2 is 2.12 bits per heavy atom. The summed E-state index contributed by atoms with van der Waals surface area (Å²) in [6, 6.07) is 8.95. The second-order valence-electron chi connectivity index (χ2n) is 4.81. The van der Waals surface area contributed by atoms with Gasteiger partial charge in [0.2, 0.25) is 0 Å². The smallest absolute Gasteiger partial charge is 0.119 e. The molecule has 1 aliphatic rings. The summed E-state index contributed by atoms with van der Waals surface area (Å²) in [5, 5.41) is 0. The van der Waals surface area contributed by atoms with E-state index in [0.29, 0.717) is 6.04 Å². The van der Waals surface area contributed by atoms with E-state index in [4.69, 9.17) is 4.74 Å². The Morgan fingerprint density at radius 3 is 2.82 bits per heavy atom. The van der Waals surface area contributed by atoms with Crippen LogP contribution in [0, 0.1) is 0 Å². The normalized spacial score (nSPS) is 17.1. The molecular formula is C15H21NO. The van der Waals surface area contributed by atoms with E-state index in [9.17, 15) is 0 Å². The van der Waals surface area contributed by atoms with E-state index in [-0.39, 0.29) is 0 Å². The van der Waals surface area contributed by atoms with Crippen LogP contribution in [0.15, 0.2) is 30.3 Å². The molecule has 2 rings (SSSR count). The first-order valence-corrected chi connectivity index (χ1v) is 6.28. The average molecular weight is 231 g/mol. The molecule has 0 amide bonds. The maximum Gasteiger partial charge on any atom is 0.119 e. The van der Waals surface area contributed by atoms with E-state index in [2.05, 4.69) is 43.0 Å². The first kappa shape index (κ1) is 12.2. The van der Waals surface area contributed by atoms with E-state index in [0.717, 1.165) is 18.7 Å². The van der Waals surface area contributed by atoms with Gasteiger partial charge in [0.05, 0.1) is 7.11 Å². The molecule has 0 radical (unpaired) electrons. The van der Waals surface area contributed by atoms with Gasteiger partial charge in [0.1, 0.15) is 5.75 Å². The zero-order valence-corrected chi connectivity index (χ0v) is 10.9. The minimum absolute atomic E-state index is 0.615. The van der Waals surface area contributed by atoms with Crippen LogP contribution < -0.4 is 4.74 Å². The van der Waals surface area contributed by atoms with E-state index in [1.54, 1.807) is 7.11 Å². The Hall–Kier alpha value is -1.28. The summed E-state index contributed by atoms with van der Waals surface area (Å²) in [5.41, 5.74) is 2.71. The highest BCUT2D eigenvalue weighted by molar-refractivity contribution is 5.68. The van der Waals surface area contributed by atoms with Crippen molar-refractivity contribution in [2.45, 2.75) is 26.3 Å². The summed E-state index contributed by atoms with van der Waals surface area (Å²) < 4.78 is 5.28. The summed E-state index contributed by atoms with van der Waals surface area (Å²) in [5.74, 6) is 0.935. The molecule has 1 aliphatic heterocycles. The Bertz CT molecular complexity index is 409. The van der Waals surface area contributed by atoms with Gasteiger partial charge >= 0.3 is 0 Å². The Balaban J connectivity index is 2.19. The molecule has 0 atom stereocenters. The largest absolute Gasteiger partial charge is 0.497 e.